The minimum absolute atomic E-state index is 0. The normalized spacial score (nSPS) is 7.29. The molecule has 0 radical (unpaired) electrons. The minimum atomic E-state index is -1.24. The maximum atomic E-state index is 9.74. The summed E-state index contributed by atoms with van der Waals surface area (Å²) in [7, 11) is 0. The van der Waals surface area contributed by atoms with E-state index in [9.17, 15) is 9.59 Å². The standard InChI is InChI=1S/C6H6.C3H4O4.Na.H/c1-2-4-6-5-3-1;1-2(4)3(5)7-6;;/h1-6H;6H,1H3;;/q;;+1;-1. The molecule has 1 rings (SSSR count). The number of carbonyl (C=O) groups is 2. The third-order valence-corrected chi connectivity index (χ3v) is 1.04. The number of hydrogen-bond acceptors (Lipinski definition) is 4. The van der Waals surface area contributed by atoms with Gasteiger partial charge in [0.1, 0.15) is 0 Å². The van der Waals surface area contributed by atoms with Gasteiger partial charge in [-0.15, -0.1) is 0 Å². The first-order valence-electron chi connectivity index (χ1n) is 3.54. The van der Waals surface area contributed by atoms with Crippen LogP contribution in [-0.4, -0.2) is 17.0 Å². The van der Waals surface area contributed by atoms with Crippen molar-refractivity contribution in [3.8, 4) is 0 Å². The molecule has 0 fully saturated rings. The quantitative estimate of drug-likeness (QED) is 0.260. The van der Waals surface area contributed by atoms with Gasteiger partial charge in [0, 0.05) is 6.92 Å². The van der Waals surface area contributed by atoms with Crippen LogP contribution in [0.1, 0.15) is 8.35 Å². The van der Waals surface area contributed by atoms with Crippen molar-refractivity contribution in [2.75, 3.05) is 0 Å². The Kier molecular flexibility index (Phi) is 11.7. The summed E-state index contributed by atoms with van der Waals surface area (Å²) in [5.41, 5.74) is 0. The predicted molar refractivity (Wildman–Crippen MR) is 47.0 cm³/mol. The van der Waals surface area contributed by atoms with E-state index in [4.69, 9.17) is 5.26 Å². The maximum absolute atomic E-state index is 9.74. The van der Waals surface area contributed by atoms with Gasteiger partial charge in [0.15, 0.2) is 0 Å². The van der Waals surface area contributed by atoms with E-state index in [1.54, 1.807) is 0 Å². The smallest absolute Gasteiger partial charge is 1.00 e. The van der Waals surface area contributed by atoms with Crippen LogP contribution in [0.25, 0.3) is 0 Å². The molecule has 72 valence electrons. The topological polar surface area (TPSA) is 63.6 Å². The van der Waals surface area contributed by atoms with Gasteiger partial charge < -0.3 is 1.43 Å². The van der Waals surface area contributed by atoms with Crippen molar-refractivity contribution < 1.29 is 50.7 Å². The SMILES string of the molecule is CC(=O)C(=O)OO.[H-].[Na+].c1ccccc1. The monoisotopic (exact) mass is 206 g/mol. The second-order valence-electron chi connectivity index (χ2n) is 2.09. The summed E-state index contributed by atoms with van der Waals surface area (Å²) in [5, 5.41) is 7.43. The van der Waals surface area contributed by atoms with E-state index in [1.807, 2.05) is 36.4 Å². The summed E-state index contributed by atoms with van der Waals surface area (Å²) in [6, 6.07) is 12.0. The number of carbonyl (C=O) groups excluding carboxylic acids is 2. The van der Waals surface area contributed by atoms with Crippen molar-refractivity contribution in [1.82, 2.24) is 0 Å². The molecule has 1 aromatic carbocycles. The zero-order valence-corrected chi connectivity index (χ0v) is 10.1. The molecule has 5 heteroatoms. The zero-order chi connectivity index (χ0) is 10.1. The summed E-state index contributed by atoms with van der Waals surface area (Å²) in [5.74, 6) is -2.05. The molecule has 0 aliphatic rings. The van der Waals surface area contributed by atoms with Crippen molar-refractivity contribution >= 4 is 11.8 Å². The molecule has 0 heterocycles. The summed E-state index contributed by atoms with van der Waals surface area (Å²) >= 11 is 0. The van der Waals surface area contributed by atoms with Crippen molar-refractivity contribution in [1.29, 1.82) is 0 Å². The van der Waals surface area contributed by atoms with E-state index in [-0.39, 0.29) is 31.0 Å². The van der Waals surface area contributed by atoms with Gasteiger partial charge >= 0.3 is 35.5 Å². The third kappa shape index (κ3) is 9.41. The molecule has 0 spiro atoms. The van der Waals surface area contributed by atoms with Gasteiger partial charge in [-0.2, -0.15) is 5.26 Å². The molecule has 0 saturated carbocycles. The van der Waals surface area contributed by atoms with Crippen molar-refractivity contribution in [3.05, 3.63) is 36.4 Å². The van der Waals surface area contributed by atoms with Gasteiger partial charge in [0.05, 0.1) is 0 Å². The number of benzene rings is 1. The predicted octanol–water partition coefficient (Wildman–Crippen LogP) is -1.61. The molecule has 0 unspecified atom stereocenters. The van der Waals surface area contributed by atoms with Crippen molar-refractivity contribution in [2.45, 2.75) is 6.92 Å². The molecule has 0 bridgehead atoms. The first-order chi connectivity index (χ1) is 6.18. The Morgan fingerprint density at radius 2 is 1.36 bits per heavy atom. The zero-order valence-electron chi connectivity index (χ0n) is 9.14. The van der Waals surface area contributed by atoms with Gasteiger partial charge in [0.2, 0.25) is 5.78 Å². The Labute approximate surface area is 106 Å². The van der Waals surface area contributed by atoms with E-state index < -0.39 is 11.8 Å². The fourth-order valence-corrected chi connectivity index (χ4v) is 0.449. The molecule has 0 atom stereocenters. The molecule has 0 aliphatic heterocycles. The van der Waals surface area contributed by atoms with Gasteiger partial charge in [-0.3, -0.25) is 9.68 Å². The summed E-state index contributed by atoms with van der Waals surface area (Å²) in [4.78, 5) is 22.5. The van der Waals surface area contributed by atoms with Crippen LogP contribution in [-0.2, 0) is 14.5 Å². The Bertz CT molecular complexity index is 239. The van der Waals surface area contributed by atoms with Gasteiger partial charge in [0.25, 0.3) is 0 Å². The van der Waals surface area contributed by atoms with Crippen molar-refractivity contribution in [3.63, 3.8) is 0 Å². The van der Waals surface area contributed by atoms with Crippen LogP contribution in [0.5, 0.6) is 0 Å². The van der Waals surface area contributed by atoms with Crippen LogP contribution < -0.4 is 29.6 Å². The molecule has 0 saturated heterocycles. The molecular formula is C9H11NaO4. The molecule has 4 nitrogen and oxygen atoms in total. The van der Waals surface area contributed by atoms with Crippen LogP contribution in [0.2, 0.25) is 0 Å². The maximum Gasteiger partial charge on any atom is 1.00 e. The number of Topliss-reactive ketones (excluding diaryl/α,β-unsaturated/α-hetero) is 1. The second kappa shape index (κ2) is 10.4. The summed E-state index contributed by atoms with van der Waals surface area (Å²) in [6.45, 7) is 0.999. The Morgan fingerprint density at radius 3 is 1.43 bits per heavy atom. The largest absolute Gasteiger partial charge is 1.00 e. The molecule has 1 aromatic rings. The first-order valence-corrected chi connectivity index (χ1v) is 3.54. The second-order valence-corrected chi connectivity index (χ2v) is 2.09. The van der Waals surface area contributed by atoms with Crippen molar-refractivity contribution in [2.24, 2.45) is 0 Å². The average molecular weight is 206 g/mol. The number of hydrogen-bond donors (Lipinski definition) is 1. The average Bonchev–Trinajstić information content (AvgIpc) is 2.20. The summed E-state index contributed by atoms with van der Waals surface area (Å²) in [6.07, 6.45) is 0. The van der Waals surface area contributed by atoms with E-state index in [0.29, 0.717) is 0 Å². The fourth-order valence-electron chi connectivity index (χ4n) is 0.449. The van der Waals surface area contributed by atoms with Gasteiger partial charge in [-0.05, 0) is 0 Å². The van der Waals surface area contributed by atoms with Gasteiger partial charge in [-0.1, -0.05) is 36.4 Å². The van der Waals surface area contributed by atoms with E-state index in [2.05, 4.69) is 4.89 Å². The van der Waals surface area contributed by atoms with Gasteiger partial charge in [-0.25, -0.2) is 4.79 Å². The number of ketones is 1. The molecule has 0 aliphatic carbocycles. The molecular weight excluding hydrogens is 195 g/mol. The van der Waals surface area contributed by atoms with Crippen LogP contribution in [0, 0.1) is 0 Å². The Balaban J connectivity index is -0.000000170. The number of rotatable bonds is 1. The van der Waals surface area contributed by atoms with E-state index >= 15 is 0 Å². The Hall–Kier alpha value is -0.680. The van der Waals surface area contributed by atoms with Crippen LogP contribution in [0.3, 0.4) is 0 Å². The van der Waals surface area contributed by atoms with E-state index in [1.165, 1.54) is 0 Å². The molecule has 0 amide bonds. The third-order valence-electron chi connectivity index (χ3n) is 1.04. The van der Waals surface area contributed by atoms with Crippen LogP contribution in [0.4, 0.5) is 0 Å². The van der Waals surface area contributed by atoms with Crippen LogP contribution >= 0.6 is 0 Å². The molecule has 1 N–H and O–H groups in total. The van der Waals surface area contributed by atoms with Crippen LogP contribution in [0.15, 0.2) is 36.4 Å². The molecule has 0 aromatic heterocycles. The molecule has 14 heavy (non-hydrogen) atoms. The fraction of sp³-hybridized carbons (Fsp3) is 0.111. The summed E-state index contributed by atoms with van der Waals surface area (Å²) < 4.78 is 0. The van der Waals surface area contributed by atoms with E-state index in [0.717, 1.165) is 6.92 Å². The first kappa shape index (κ1) is 15.8. The Morgan fingerprint density at radius 1 is 1.07 bits per heavy atom. The minimum Gasteiger partial charge on any atom is -1.00 e.